The number of hydrogen-bond acceptors (Lipinski definition) is 5. The first-order chi connectivity index (χ1) is 10.1. The Balaban J connectivity index is 1.60. The first-order valence-electron chi connectivity index (χ1n) is 7.53. The minimum atomic E-state index is 0.226. The largest absolute Gasteiger partial charge is 0.508 e. The molecule has 0 unspecified atom stereocenters. The van der Waals surface area contributed by atoms with E-state index in [0.29, 0.717) is 5.69 Å². The first kappa shape index (κ1) is 15.9. The Labute approximate surface area is 126 Å². The molecule has 2 rings (SSSR count). The molecule has 21 heavy (non-hydrogen) atoms. The second kappa shape index (κ2) is 7.49. The monoisotopic (exact) mass is 295 g/mol. The fourth-order valence-electron chi connectivity index (χ4n) is 2.46. The van der Waals surface area contributed by atoms with Crippen molar-refractivity contribution in [1.29, 1.82) is 0 Å². The highest BCUT2D eigenvalue weighted by Gasteiger charge is 2.24. The Morgan fingerprint density at radius 2 is 2.00 bits per heavy atom. The van der Waals surface area contributed by atoms with Crippen molar-refractivity contribution in [3.05, 3.63) is 18.2 Å². The number of phenols is 1. The van der Waals surface area contributed by atoms with E-state index in [4.69, 9.17) is 10.5 Å². The number of aromatic hydroxyl groups is 1. The van der Waals surface area contributed by atoms with Gasteiger partial charge in [0.1, 0.15) is 18.8 Å². The molecule has 6 heteroatoms. The minimum absolute atomic E-state index is 0.226. The molecule has 1 aromatic rings. The summed E-state index contributed by atoms with van der Waals surface area (Å²) in [6, 6.07) is 4.94. The van der Waals surface area contributed by atoms with Gasteiger partial charge in [0.25, 0.3) is 0 Å². The number of likely N-dealkylation sites (N-methyl/N-ethyl adjacent to an activating group) is 1. The quantitative estimate of drug-likeness (QED) is 0.254. The highest BCUT2D eigenvalue weighted by atomic mass is 16.5. The molecule has 0 saturated carbocycles. The molecular formula is C15H27N4O2+. The average Bonchev–Trinajstić information content (AvgIpc) is 2.47. The van der Waals surface area contributed by atoms with E-state index in [1.54, 1.807) is 18.2 Å². The average molecular weight is 295 g/mol. The number of morpholine rings is 1. The molecule has 1 aliphatic rings. The maximum absolute atomic E-state index is 9.43. The molecule has 1 saturated heterocycles. The third-order valence-electron chi connectivity index (χ3n) is 4.03. The number of nitrogens with two attached hydrogens (primary N) is 1. The predicted molar refractivity (Wildman–Crippen MR) is 85.5 cm³/mol. The van der Waals surface area contributed by atoms with E-state index < -0.39 is 0 Å². The molecular weight excluding hydrogens is 268 g/mol. The third kappa shape index (κ3) is 5.08. The number of benzene rings is 1. The van der Waals surface area contributed by atoms with E-state index in [2.05, 4.69) is 17.7 Å². The van der Waals surface area contributed by atoms with Gasteiger partial charge in [0, 0.05) is 25.7 Å². The molecule has 1 aromatic carbocycles. The third-order valence-corrected chi connectivity index (χ3v) is 4.03. The van der Waals surface area contributed by atoms with Gasteiger partial charge in [0.05, 0.1) is 38.2 Å². The van der Waals surface area contributed by atoms with Crippen molar-refractivity contribution in [1.82, 2.24) is 5.32 Å². The van der Waals surface area contributed by atoms with Crippen molar-refractivity contribution < 1.29 is 14.3 Å². The molecule has 0 bridgehead atoms. The smallest absolute Gasteiger partial charge is 0.117 e. The summed E-state index contributed by atoms with van der Waals surface area (Å²) >= 11 is 0. The van der Waals surface area contributed by atoms with Crippen LogP contribution in [0.25, 0.3) is 0 Å². The number of hydrogen-bond donors (Lipinski definition) is 4. The van der Waals surface area contributed by atoms with Gasteiger partial charge >= 0.3 is 0 Å². The zero-order valence-electron chi connectivity index (χ0n) is 12.8. The van der Waals surface area contributed by atoms with Crippen molar-refractivity contribution in [3.8, 4) is 5.75 Å². The zero-order chi connectivity index (χ0) is 15.1. The van der Waals surface area contributed by atoms with Crippen LogP contribution in [0.2, 0.25) is 0 Å². The van der Waals surface area contributed by atoms with Crippen LogP contribution in [0.5, 0.6) is 5.75 Å². The van der Waals surface area contributed by atoms with Gasteiger partial charge < -0.3 is 30.7 Å². The lowest BCUT2D eigenvalue weighted by molar-refractivity contribution is -0.915. The number of nitrogen functional groups attached to an aromatic ring is 1. The van der Waals surface area contributed by atoms with Gasteiger partial charge in [-0.25, -0.2) is 0 Å². The molecule has 118 valence electrons. The summed E-state index contributed by atoms with van der Waals surface area (Å²) in [5.74, 6) is 0.226. The maximum Gasteiger partial charge on any atom is 0.117 e. The Morgan fingerprint density at radius 1 is 1.24 bits per heavy atom. The topological polar surface area (TPSA) is 79.5 Å². The molecule has 0 radical (unpaired) electrons. The zero-order valence-corrected chi connectivity index (χ0v) is 12.8. The molecule has 0 aromatic heterocycles. The molecule has 5 N–H and O–H groups in total. The van der Waals surface area contributed by atoms with Crippen LogP contribution in [0.3, 0.4) is 0 Å². The van der Waals surface area contributed by atoms with E-state index in [1.165, 1.54) is 0 Å². The van der Waals surface area contributed by atoms with Crippen molar-refractivity contribution in [2.75, 3.05) is 70.6 Å². The first-order valence-corrected chi connectivity index (χ1v) is 7.53. The molecule has 1 heterocycles. The van der Waals surface area contributed by atoms with Gasteiger partial charge in [0.2, 0.25) is 0 Å². The number of ether oxygens (including phenoxy) is 1. The summed E-state index contributed by atoms with van der Waals surface area (Å²) < 4.78 is 6.48. The van der Waals surface area contributed by atoms with E-state index in [0.717, 1.165) is 62.7 Å². The lowest BCUT2D eigenvalue weighted by atomic mass is 10.2. The SMILES string of the molecule is C[N+]1(CCNCCNc2cc(O)ccc2N)CCOCC1. The summed E-state index contributed by atoms with van der Waals surface area (Å²) in [6.07, 6.45) is 0. The van der Waals surface area contributed by atoms with Gasteiger partial charge in [-0.15, -0.1) is 0 Å². The van der Waals surface area contributed by atoms with Gasteiger partial charge in [0.15, 0.2) is 0 Å². The van der Waals surface area contributed by atoms with Crippen LogP contribution in [-0.2, 0) is 4.74 Å². The summed E-state index contributed by atoms with van der Waals surface area (Å²) in [5, 5.41) is 16.1. The number of nitrogens with one attached hydrogen (secondary N) is 2. The highest BCUT2D eigenvalue weighted by molar-refractivity contribution is 5.67. The van der Waals surface area contributed by atoms with Crippen LogP contribution in [-0.4, -0.2) is 69.1 Å². The number of rotatable bonds is 7. The van der Waals surface area contributed by atoms with E-state index in [-0.39, 0.29) is 5.75 Å². The molecule has 1 fully saturated rings. The normalized spacial score (nSPS) is 17.6. The second-order valence-electron chi connectivity index (χ2n) is 5.85. The summed E-state index contributed by atoms with van der Waals surface area (Å²) in [7, 11) is 2.29. The summed E-state index contributed by atoms with van der Waals surface area (Å²) in [5.41, 5.74) is 7.27. The Kier molecular flexibility index (Phi) is 5.67. The number of quaternary nitrogens is 1. The molecule has 0 atom stereocenters. The van der Waals surface area contributed by atoms with E-state index in [1.807, 2.05) is 0 Å². The van der Waals surface area contributed by atoms with Crippen LogP contribution >= 0.6 is 0 Å². The van der Waals surface area contributed by atoms with Crippen molar-refractivity contribution in [3.63, 3.8) is 0 Å². The summed E-state index contributed by atoms with van der Waals surface area (Å²) in [6.45, 7) is 7.70. The van der Waals surface area contributed by atoms with Crippen LogP contribution in [0.1, 0.15) is 0 Å². The van der Waals surface area contributed by atoms with Crippen LogP contribution in [0.4, 0.5) is 11.4 Å². The van der Waals surface area contributed by atoms with Crippen LogP contribution in [0.15, 0.2) is 18.2 Å². The number of anilines is 2. The maximum atomic E-state index is 9.43. The van der Waals surface area contributed by atoms with Crippen molar-refractivity contribution in [2.24, 2.45) is 0 Å². The van der Waals surface area contributed by atoms with E-state index >= 15 is 0 Å². The Hall–Kier alpha value is -1.50. The minimum Gasteiger partial charge on any atom is -0.508 e. The fourth-order valence-corrected chi connectivity index (χ4v) is 2.46. The number of nitrogens with zero attached hydrogens (tertiary/aromatic N) is 1. The van der Waals surface area contributed by atoms with Gasteiger partial charge in [-0.05, 0) is 12.1 Å². The standard InChI is InChI=1S/C15H26N4O2/c1-19(8-10-21-11-9-19)7-6-17-4-5-18-15-12-13(20)2-3-14(15)16/h2-3,12,17-18H,4-11,16H2,1H3/p+1. The Bertz CT molecular complexity index is 447. The fraction of sp³-hybridized carbons (Fsp3) is 0.600. The highest BCUT2D eigenvalue weighted by Crippen LogP contribution is 2.22. The second-order valence-corrected chi connectivity index (χ2v) is 5.85. The van der Waals surface area contributed by atoms with Gasteiger partial charge in [-0.3, -0.25) is 0 Å². The van der Waals surface area contributed by atoms with Gasteiger partial charge in [-0.2, -0.15) is 0 Å². The van der Waals surface area contributed by atoms with Gasteiger partial charge in [-0.1, -0.05) is 0 Å². The molecule has 1 aliphatic heterocycles. The van der Waals surface area contributed by atoms with Crippen molar-refractivity contribution in [2.45, 2.75) is 0 Å². The molecule has 0 amide bonds. The predicted octanol–water partition coefficient (Wildman–Crippen LogP) is 0.453. The van der Waals surface area contributed by atoms with E-state index in [9.17, 15) is 5.11 Å². The number of phenolic OH excluding ortho intramolecular Hbond substituents is 1. The van der Waals surface area contributed by atoms with Crippen LogP contribution in [0, 0.1) is 0 Å². The summed E-state index contributed by atoms with van der Waals surface area (Å²) in [4.78, 5) is 0. The molecule has 0 spiro atoms. The van der Waals surface area contributed by atoms with Crippen molar-refractivity contribution >= 4 is 11.4 Å². The van der Waals surface area contributed by atoms with Crippen LogP contribution < -0.4 is 16.4 Å². The lowest BCUT2D eigenvalue weighted by Crippen LogP contribution is -2.54. The lowest BCUT2D eigenvalue weighted by Gasteiger charge is -2.37. The molecule has 0 aliphatic carbocycles. The Morgan fingerprint density at radius 3 is 2.76 bits per heavy atom. The molecule has 6 nitrogen and oxygen atoms in total.